The number of anilines is 2. The van der Waals surface area contributed by atoms with E-state index in [-0.39, 0.29) is 29.6 Å². The van der Waals surface area contributed by atoms with E-state index in [0.717, 1.165) is 0 Å². The second-order valence-electron chi connectivity index (χ2n) is 3.60. The van der Waals surface area contributed by atoms with Crippen molar-refractivity contribution in [2.75, 3.05) is 29.9 Å². The molecule has 0 aliphatic carbocycles. The molecule has 0 spiro atoms. The van der Waals surface area contributed by atoms with Crippen LogP contribution in [0.4, 0.5) is 17.3 Å². The summed E-state index contributed by atoms with van der Waals surface area (Å²) in [6, 6.07) is 2.52. The molecular weight excluding hydrogens is 274 g/mol. The molecule has 0 saturated heterocycles. The molecule has 106 valence electrons. The quantitative estimate of drug-likeness (QED) is 0.471. The van der Waals surface area contributed by atoms with Crippen molar-refractivity contribution >= 4 is 27.3 Å². The Labute approximate surface area is 110 Å². The lowest BCUT2D eigenvalue weighted by Crippen LogP contribution is -2.29. The van der Waals surface area contributed by atoms with Crippen molar-refractivity contribution in [3.8, 4) is 0 Å². The molecule has 0 atom stereocenters. The van der Waals surface area contributed by atoms with E-state index < -0.39 is 14.9 Å². The number of pyridine rings is 1. The third kappa shape index (κ3) is 4.67. The summed E-state index contributed by atoms with van der Waals surface area (Å²) in [5.74, 6) is -0.145. The number of rotatable bonds is 7. The van der Waals surface area contributed by atoms with E-state index in [1.54, 1.807) is 6.92 Å². The van der Waals surface area contributed by atoms with Crippen LogP contribution in [0.25, 0.3) is 0 Å². The van der Waals surface area contributed by atoms with Crippen molar-refractivity contribution in [2.45, 2.75) is 6.92 Å². The molecule has 0 saturated carbocycles. The Bertz CT molecular complexity index is 560. The van der Waals surface area contributed by atoms with Gasteiger partial charge in [0.2, 0.25) is 15.8 Å². The number of hydrogen-bond acceptors (Lipinski definition) is 7. The lowest BCUT2D eigenvalue weighted by Gasteiger charge is -2.07. The van der Waals surface area contributed by atoms with E-state index in [4.69, 9.17) is 5.73 Å². The van der Waals surface area contributed by atoms with Gasteiger partial charge in [0.25, 0.3) is 0 Å². The maximum absolute atomic E-state index is 11.4. The standard InChI is InChI=1S/C9H15N5O4S/c1-2-12-19(17,18)6-5-11-9-7(14(15)16)3-4-8(10)13-9/h3-4,12H,2,5-6H2,1H3,(H3,10,11,13). The molecule has 1 aromatic heterocycles. The Kier molecular flexibility index (Phi) is 5.01. The molecule has 1 aromatic rings. The molecule has 0 aliphatic rings. The summed E-state index contributed by atoms with van der Waals surface area (Å²) in [5.41, 5.74) is 5.17. The molecule has 19 heavy (non-hydrogen) atoms. The van der Waals surface area contributed by atoms with Crippen molar-refractivity contribution in [3.05, 3.63) is 22.2 Å². The molecule has 1 rings (SSSR count). The van der Waals surface area contributed by atoms with Gasteiger partial charge < -0.3 is 11.1 Å². The fraction of sp³-hybridized carbons (Fsp3) is 0.444. The zero-order valence-electron chi connectivity index (χ0n) is 10.3. The van der Waals surface area contributed by atoms with Crippen molar-refractivity contribution in [3.63, 3.8) is 0 Å². The Morgan fingerprint density at radius 3 is 2.74 bits per heavy atom. The van der Waals surface area contributed by atoms with Crippen LogP contribution in [0.3, 0.4) is 0 Å². The Morgan fingerprint density at radius 1 is 1.47 bits per heavy atom. The fourth-order valence-electron chi connectivity index (χ4n) is 1.34. The van der Waals surface area contributed by atoms with E-state index in [2.05, 4.69) is 15.0 Å². The lowest BCUT2D eigenvalue weighted by atomic mass is 10.3. The molecular formula is C9H15N5O4S. The smallest absolute Gasteiger partial charge is 0.311 e. The van der Waals surface area contributed by atoms with Crippen LogP contribution >= 0.6 is 0 Å². The molecule has 0 aromatic carbocycles. The Hall–Kier alpha value is -1.94. The maximum Gasteiger partial charge on any atom is 0.311 e. The van der Waals surface area contributed by atoms with Gasteiger partial charge >= 0.3 is 5.69 Å². The summed E-state index contributed by atoms with van der Waals surface area (Å²) in [4.78, 5) is 13.9. The Morgan fingerprint density at radius 2 is 2.16 bits per heavy atom. The highest BCUT2D eigenvalue weighted by atomic mass is 32.2. The Balaban J connectivity index is 2.73. The largest absolute Gasteiger partial charge is 0.384 e. The number of hydrogen-bond donors (Lipinski definition) is 3. The monoisotopic (exact) mass is 289 g/mol. The minimum Gasteiger partial charge on any atom is -0.384 e. The van der Waals surface area contributed by atoms with Crippen LogP contribution in [0.15, 0.2) is 12.1 Å². The second-order valence-corrected chi connectivity index (χ2v) is 5.53. The van der Waals surface area contributed by atoms with E-state index in [0.29, 0.717) is 6.54 Å². The predicted octanol–water partition coefficient (Wildman–Crippen LogP) is -0.0768. The fourth-order valence-corrected chi connectivity index (χ4v) is 2.30. The molecule has 0 aliphatic heterocycles. The first-order valence-corrected chi connectivity index (χ1v) is 7.13. The van der Waals surface area contributed by atoms with Gasteiger partial charge in [-0.3, -0.25) is 10.1 Å². The van der Waals surface area contributed by atoms with E-state index in [1.807, 2.05) is 0 Å². The molecule has 0 fully saturated rings. The molecule has 4 N–H and O–H groups in total. The third-order valence-corrected chi connectivity index (χ3v) is 3.59. The summed E-state index contributed by atoms with van der Waals surface area (Å²) in [6.07, 6.45) is 0. The summed E-state index contributed by atoms with van der Waals surface area (Å²) >= 11 is 0. The maximum atomic E-state index is 11.4. The first-order valence-electron chi connectivity index (χ1n) is 5.48. The average molecular weight is 289 g/mol. The molecule has 10 heteroatoms. The van der Waals surface area contributed by atoms with Crippen LogP contribution < -0.4 is 15.8 Å². The van der Waals surface area contributed by atoms with Gasteiger partial charge in [-0.1, -0.05) is 6.92 Å². The van der Waals surface area contributed by atoms with E-state index >= 15 is 0 Å². The van der Waals surface area contributed by atoms with Crippen molar-refractivity contribution in [1.82, 2.24) is 9.71 Å². The highest BCUT2D eigenvalue weighted by molar-refractivity contribution is 7.89. The van der Waals surface area contributed by atoms with Crippen LogP contribution in [-0.2, 0) is 10.0 Å². The predicted molar refractivity (Wildman–Crippen MR) is 71.3 cm³/mol. The number of nitrogen functional groups attached to an aromatic ring is 1. The molecule has 0 radical (unpaired) electrons. The average Bonchev–Trinajstić information content (AvgIpc) is 2.28. The van der Waals surface area contributed by atoms with Crippen molar-refractivity contribution < 1.29 is 13.3 Å². The topological polar surface area (TPSA) is 140 Å². The number of nitro groups is 1. The van der Waals surface area contributed by atoms with Gasteiger partial charge in [0.05, 0.1) is 10.7 Å². The summed E-state index contributed by atoms with van der Waals surface area (Å²) in [7, 11) is -3.39. The summed E-state index contributed by atoms with van der Waals surface area (Å²) < 4.78 is 25.1. The zero-order valence-corrected chi connectivity index (χ0v) is 11.1. The highest BCUT2D eigenvalue weighted by Crippen LogP contribution is 2.22. The molecule has 0 bridgehead atoms. The molecule has 0 unspecified atom stereocenters. The number of aromatic nitrogens is 1. The first kappa shape index (κ1) is 15.1. The number of nitrogens with zero attached hydrogens (tertiary/aromatic N) is 2. The van der Waals surface area contributed by atoms with Gasteiger partial charge in [0, 0.05) is 19.2 Å². The van der Waals surface area contributed by atoms with Gasteiger partial charge in [-0.15, -0.1) is 0 Å². The molecule has 9 nitrogen and oxygen atoms in total. The SMILES string of the molecule is CCNS(=O)(=O)CCNc1nc(N)ccc1[N+](=O)[O-]. The van der Waals surface area contributed by atoms with Gasteiger partial charge in [-0.05, 0) is 6.07 Å². The minimum atomic E-state index is -3.39. The van der Waals surface area contributed by atoms with Gasteiger partial charge in [-0.25, -0.2) is 18.1 Å². The van der Waals surface area contributed by atoms with Crippen molar-refractivity contribution in [2.24, 2.45) is 0 Å². The van der Waals surface area contributed by atoms with Crippen LogP contribution in [0.2, 0.25) is 0 Å². The van der Waals surface area contributed by atoms with E-state index in [9.17, 15) is 18.5 Å². The minimum absolute atomic E-state index is 0.00731. The van der Waals surface area contributed by atoms with E-state index in [1.165, 1.54) is 12.1 Å². The second kappa shape index (κ2) is 6.29. The molecule has 0 amide bonds. The first-order chi connectivity index (χ1) is 8.85. The van der Waals surface area contributed by atoms with Crippen LogP contribution in [0.5, 0.6) is 0 Å². The summed E-state index contributed by atoms with van der Waals surface area (Å²) in [6.45, 7) is 1.95. The number of sulfonamides is 1. The highest BCUT2D eigenvalue weighted by Gasteiger charge is 2.16. The van der Waals surface area contributed by atoms with Crippen LogP contribution in [0, 0.1) is 10.1 Å². The molecule has 1 heterocycles. The lowest BCUT2D eigenvalue weighted by molar-refractivity contribution is -0.384. The number of nitrogens with one attached hydrogen (secondary N) is 2. The third-order valence-electron chi connectivity index (χ3n) is 2.12. The van der Waals surface area contributed by atoms with Crippen molar-refractivity contribution in [1.29, 1.82) is 0 Å². The zero-order chi connectivity index (χ0) is 14.5. The van der Waals surface area contributed by atoms with Gasteiger partial charge in [-0.2, -0.15) is 0 Å². The van der Waals surface area contributed by atoms with Crippen LogP contribution in [0.1, 0.15) is 6.92 Å². The van der Waals surface area contributed by atoms with Gasteiger partial charge in [0.1, 0.15) is 5.82 Å². The van der Waals surface area contributed by atoms with Gasteiger partial charge in [0.15, 0.2) is 0 Å². The number of nitrogens with two attached hydrogens (primary N) is 1. The van der Waals surface area contributed by atoms with Crippen LogP contribution in [-0.4, -0.2) is 37.2 Å². The normalized spacial score (nSPS) is 11.2. The summed E-state index contributed by atoms with van der Waals surface area (Å²) in [5, 5.41) is 13.3.